The van der Waals surface area contributed by atoms with E-state index in [-0.39, 0.29) is 12.5 Å². The first-order valence-corrected chi connectivity index (χ1v) is 5.52. The van der Waals surface area contributed by atoms with Crippen LogP contribution in [0.4, 0.5) is 5.69 Å². The molecule has 0 radical (unpaired) electrons. The topological polar surface area (TPSA) is 78.3 Å². The molecule has 0 saturated heterocycles. The van der Waals surface area contributed by atoms with Crippen molar-refractivity contribution in [2.24, 2.45) is 5.11 Å². The second-order valence-corrected chi connectivity index (χ2v) is 4.47. The predicted molar refractivity (Wildman–Crippen MR) is 67.8 cm³/mol. The molecular weight excluding hydrogens is 232 g/mol. The molecule has 1 aromatic carbocycles. The van der Waals surface area contributed by atoms with Crippen LogP contribution in [0.2, 0.25) is 0 Å². The van der Waals surface area contributed by atoms with E-state index in [0.29, 0.717) is 5.75 Å². The van der Waals surface area contributed by atoms with Gasteiger partial charge in [0.25, 0.3) is 0 Å². The molecule has 1 atom stereocenters. The zero-order chi connectivity index (χ0) is 13.3. The van der Waals surface area contributed by atoms with Crippen LogP contribution in [-0.2, 0) is 10.2 Å². The predicted octanol–water partition coefficient (Wildman–Crippen LogP) is 2.24. The molecule has 1 amide bonds. The zero-order valence-corrected chi connectivity index (χ0v) is 10.5. The molecule has 1 aromatic rings. The lowest BCUT2D eigenvalue weighted by molar-refractivity contribution is -0.122. The zero-order valence-electron chi connectivity index (χ0n) is 10.5. The number of nitrogens with zero attached hydrogens (tertiary/aromatic N) is 4. The Bertz CT molecular complexity index is 551. The van der Waals surface area contributed by atoms with Gasteiger partial charge in [-0.3, -0.25) is 4.79 Å². The van der Waals surface area contributed by atoms with Gasteiger partial charge in [0.15, 0.2) is 0 Å². The molecule has 1 unspecified atom stereocenters. The molecule has 1 aliphatic rings. The lowest BCUT2D eigenvalue weighted by Crippen LogP contribution is -2.38. The van der Waals surface area contributed by atoms with Crippen molar-refractivity contribution in [1.29, 1.82) is 0 Å². The first-order chi connectivity index (χ1) is 8.54. The first-order valence-electron chi connectivity index (χ1n) is 5.52. The molecule has 6 heteroatoms. The summed E-state index contributed by atoms with van der Waals surface area (Å²) in [6, 6.07) is 5.47. The van der Waals surface area contributed by atoms with Crippen molar-refractivity contribution in [3.63, 3.8) is 0 Å². The summed E-state index contributed by atoms with van der Waals surface area (Å²) in [4.78, 5) is 16.6. The van der Waals surface area contributed by atoms with Crippen molar-refractivity contribution in [2.45, 2.75) is 12.3 Å². The van der Waals surface area contributed by atoms with Gasteiger partial charge in [0.05, 0.1) is 12.5 Å². The Balaban J connectivity index is 2.58. The summed E-state index contributed by atoms with van der Waals surface area (Å²) in [5, 5.41) is 3.56. The van der Waals surface area contributed by atoms with Crippen LogP contribution in [0.5, 0.6) is 5.75 Å². The minimum Gasteiger partial charge on any atom is -0.497 e. The van der Waals surface area contributed by atoms with E-state index >= 15 is 0 Å². The summed E-state index contributed by atoms with van der Waals surface area (Å²) < 4.78 is 5.17. The van der Waals surface area contributed by atoms with Crippen LogP contribution in [0, 0.1) is 0 Å². The molecule has 0 aromatic heterocycles. The van der Waals surface area contributed by atoms with Crippen molar-refractivity contribution in [2.75, 3.05) is 25.6 Å². The minimum absolute atomic E-state index is 0.0712. The fourth-order valence-electron chi connectivity index (χ4n) is 2.30. The molecule has 1 aliphatic heterocycles. The van der Waals surface area contributed by atoms with Crippen molar-refractivity contribution >= 4 is 11.6 Å². The average molecular weight is 246 g/mol. The quantitative estimate of drug-likeness (QED) is 0.465. The number of likely N-dealkylation sites (N-methyl/N-ethyl adjacent to an activating group) is 1. The second kappa shape index (κ2) is 4.23. The number of carbonyl (C=O) groups excluding carboxylic acids is 1. The minimum atomic E-state index is -0.815. The maximum absolute atomic E-state index is 12.3. The number of fused-ring (bicyclic) bond motifs is 1. The monoisotopic (exact) mass is 246 g/mol. The van der Waals surface area contributed by atoms with Gasteiger partial charge in [0.1, 0.15) is 5.75 Å². The highest BCUT2D eigenvalue weighted by Crippen LogP contribution is 2.42. The standard InChI is InChI=1S/C12H14N4O2/c1-12(7-14-15-13)9-6-8(18-3)4-5-10(9)16(2)11(12)17/h4-6H,7H2,1-3H3. The number of carbonyl (C=O) groups is 1. The van der Waals surface area contributed by atoms with E-state index < -0.39 is 5.41 Å². The van der Waals surface area contributed by atoms with Gasteiger partial charge < -0.3 is 9.64 Å². The van der Waals surface area contributed by atoms with E-state index in [1.165, 1.54) is 0 Å². The fourth-order valence-corrected chi connectivity index (χ4v) is 2.30. The Hall–Kier alpha value is -2.20. The number of hydrogen-bond acceptors (Lipinski definition) is 3. The second-order valence-electron chi connectivity index (χ2n) is 4.47. The molecule has 94 valence electrons. The summed E-state index contributed by atoms with van der Waals surface area (Å²) in [5.74, 6) is 0.613. The fraction of sp³-hybridized carbons (Fsp3) is 0.417. The third-order valence-electron chi connectivity index (χ3n) is 3.39. The molecule has 0 bridgehead atoms. The van der Waals surface area contributed by atoms with Gasteiger partial charge in [-0.2, -0.15) is 0 Å². The van der Waals surface area contributed by atoms with Crippen LogP contribution in [0.1, 0.15) is 12.5 Å². The van der Waals surface area contributed by atoms with Gasteiger partial charge in [0, 0.05) is 24.2 Å². The van der Waals surface area contributed by atoms with E-state index in [4.69, 9.17) is 10.3 Å². The van der Waals surface area contributed by atoms with Crippen LogP contribution < -0.4 is 9.64 Å². The van der Waals surface area contributed by atoms with Crippen LogP contribution in [0.3, 0.4) is 0 Å². The smallest absolute Gasteiger partial charge is 0.237 e. The van der Waals surface area contributed by atoms with Crippen molar-refractivity contribution in [1.82, 2.24) is 0 Å². The van der Waals surface area contributed by atoms with E-state index in [2.05, 4.69) is 10.0 Å². The molecule has 0 fully saturated rings. The van der Waals surface area contributed by atoms with Crippen LogP contribution in [0.25, 0.3) is 10.4 Å². The maximum Gasteiger partial charge on any atom is 0.237 e. The Kier molecular flexibility index (Phi) is 2.88. The Morgan fingerprint density at radius 3 is 2.89 bits per heavy atom. The van der Waals surface area contributed by atoms with Gasteiger partial charge in [-0.1, -0.05) is 5.11 Å². The lowest BCUT2D eigenvalue weighted by Gasteiger charge is -2.20. The van der Waals surface area contributed by atoms with E-state index in [0.717, 1.165) is 11.3 Å². The number of anilines is 1. The molecule has 2 rings (SSSR count). The number of azide groups is 1. The molecule has 0 saturated carbocycles. The van der Waals surface area contributed by atoms with Crippen LogP contribution >= 0.6 is 0 Å². The SMILES string of the molecule is COc1ccc2c(c1)C(C)(CN=[N+]=[N-])C(=O)N2C. The molecule has 0 N–H and O–H groups in total. The van der Waals surface area contributed by atoms with E-state index in [1.807, 2.05) is 18.2 Å². The third-order valence-corrected chi connectivity index (χ3v) is 3.39. The molecule has 0 aliphatic carbocycles. The van der Waals surface area contributed by atoms with Crippen LogP contribution in [0.15, 0.2) is 23.3 Å². The number of amides is 1. The average Bonchev–Trinajstić information content (AvgIpc) is 2.59. The lowest BCUT2D eigenvalue weighted by atomic mass is 9.84. The third kappa shape index (κ3) is 1.58. The Morgan fingerprint density at radius 1 is 1.56 bits per heavy atom. The number of rotatable bonds is 3. The van der Waals surface area contributed by atoms with Gasteiger partial charge in [0.2, 0.25) is 5.91 Å². The molecular formula is C12H14N4O2. The molecule has 1 heterocycles. The van der Waals surface area contributed by atoms with Crippen molar-refractivity contribution < 1.29 is 9.53 Å². The summed E-state index contributed by atoms with van der Waals surface area (Å²) >= 11 is 0. The highest BCUT2D eigenvalue weighted by atomic mass is 16.5. The van der Waals surface area contributed by atoms with E-state index in [1.54, 1.807) is 26.0 Å². The molecule has 18 heavy (non-hydrogen) atoms. The number of ether oxygens (including phenoxy) is 1. The number of methoxy groups -OCH3 is 1. The highest BCUT2D eigenvalue weighted by Gasteiger charge is 2.45. The number of hydrogen-bond donors (Lipinski definition) is 0. The van der Waals surface area contributed by atoms with Gasteiger partial charge >= 0.3 is 0 Å². The maximum atomic E-state index is 12.3. The number of benzene rings is 1. The summed E-state index contributed by atoms with van der Waals surface area (Å²) in [5.41, 5.74) is 9.30. The van der Waals surface area contributed by atoms with Gasteiger partial charge in [-0.25, -0.2) is 0 Å². The van der Waals surface area contributed by atoms with Gasteiger partial charge in [-0.15, -0.1) is 0 Å². The van der Waals surface area contributed by atoms with Crippen LogP contribution in [-0.4, -0.2) is 26.6 Å². The largest absolute Gasteiger partial charge is 0.497 e. The van der Waals surface area contributed by atoms with Crippen molar-refractivity contribution in [3.05, 3.63) is 34.2 Å². The normalized spacial score (nSPS) is 21.5. The van der Waals surface area contributed by atoms with Crippen molar-refractivity contribution in [3.8, 4) is 5.75 Å². The summed E-state index contributed by atoms with van der Waals surface area (Å²) in [6.45, 7) is 1.89. The Labute approximate surface area is 105 Å². The molecule has 0 spiro atoms. The summed E-state index contributed by atoms with van der Waals surface area (Å²) in [6.07, 6.45) is 0. The van der Waals surface area contributed by atoms with Gasteiger partial charge in [-0.05, 0) is 36.2 Å². The van der Waals surface area contributed by atoms with E-state index in [9.17, 15) is 4.79 Å². The molecule has 6 nitrogen and oxygen atoms in total. The highest BCUT2D eigenvalue weighted by molar-refractivity contribution is 6.07. The summed E-state index contributed by atoms with van der Waals surface area (Å²) in [7, 11) is 3.29. The first kappa shape index (κ1) is 12.3. The Morgan fingerprint density at radius 2 is 2.28 bits per heavy atom.